The lowest BCUT2D eigenvalue weighted by Crippen LogP contribution is -2.52. The van der Waals surface area contributed by atoms with Crippen molar-refractivity contribution in [2.24, 2.45) is 5.92 Å². The van der Waals surface area contributed by atoms with E-state index < -0.39 is 40.2 Å². The van der Waals surface area contributed by atoms with E-state index >= 15 is 0 Å². The first-order valence-electron chi connectivity index (χ1n) is 21.0. The molecule has 4 rings (SSSR count). The second kappa shape index (κ2) is 18.0. The molecule has 0 bridgehead atoms. The lowest BCUT2D eigenvalue weighted by atomic mass is 9.84. The number of esters is 1. The third-order valence-electron chi connectivity index (χ3n) is 12.4. The molecule has 3 aromatic rings. The van der Waals surface area contributed by atoms with Gasteiger partial charge in [0.15, 0.2) is 16.6 Å². The summed E-state index contributed by atoms with van der Waals surface area (Å²) >= 11 is 0. The monoisotopic (exact) mass is 808 g/mol. The highest BCUT2D eigenvalue weighted by atomic mass is 28.4. The minimum atomic E-state index is -2.47. The van der Waals surface area contributed by atoms with Crippen LogP contribution in [0.2, 0.25) is 36.3 Å². The zero-order chi connectivity index (χ0) is 41.9. The van der Waals surface area contributed by atoms with Crippen LogP contribution in [0.3, 0.4) is 0 Å². The van der Waals surface area contributed by atoms with Crippen LogP contribution in [-0.4, -0.2) is 52.8 Å². The van der Waals surface area contributed by atoms with Gasteiger partial charge in [-0.3, -0.25) is 4.79 Å². The number of ether oxygens (including phenoxy) is 3. The molecule has 0 amide bonds. The molecule has 0 N–H and O–H groups in total. The summed E-state index contributed by atoms with van der Waals surface area (Å²) < 4.78 is 39.1. The summed E-state index contributed by atoms with van der Waals surface area (Å²) in [6, 6.07) is 12.4. The van der Waals surface area contributed by atoms with Crippen molar-refractivity contribution < 1.29 is 37.1 Å². The number of fused-ring (bicyclic) bond motifs is 1. The molecule has 312 valence electrons. The van der Waals surface area contributed by atoms with E-state index in [0.717, 1.165) is 46.2 Å². The van der Waals surface area contributed by atoms with Crippen LogP contribution in [0.1, 0.15) is 130 Å². The van der Waals surface area contributed by atoms with E-state index in [4.69, 9.17) is 27.5 Å². The highest BCUT2D eigenvalue weighted by molar-refractivity contribution is 6.74. The van der Waals surface area contributed by atoms with Crippen LogP contribution in [0, 0.1) is 5.92 Å². The summed E-state index contributed by atoms with van der Waals surface area (Å²) in [5.74, 6) is 0.213. The number of carbonyl (C=O) groups excluding carboxylic acids is 2. The molecule has 0 saturated carbocycles. The molecule has 4 atom stereocenters. The number of hydrogen-bond donors (Lipinski definition) is 0. The first-order valence-corrected chi connectivity index (χ1v) is 26.8. The minimum Gasteiger partial charge on any atom is -0.488 e. The fraction of sp³-hybridized carbons (Fsp3) is 0.652. The molecule has 1 saturated heterocycles. The van der Waals surface area contributed by atoms with Gasteiger partial charge in [0.1, 0.15) is 29.8 Å². The highest BCUT2D eigenvalue weighted by Crippen LogP contribution is 2.50. The second-order valence-corrected chi connectivity index (χ2v) is 28.8. The molecule has 1 aromatic heterocycles. The third kappa shape index (κ3) is 10.1. The van der Waals surface area contributed by atoms with Gasteiger partial charge in [-0.2, -0.15) is 0 Å². The number of furan rings is 1. The second-order valence-electron chi connectivity index (χ2n) is 19.2. The molecule has 0 radical (unpaired) electrons. The van der Waals surface area contributed by atoms with Crippen molar-refractivity contribution in [3.05, 3.63) is 64.9 Å². The first-order chi connectivity index (χ1) is 26.0. The fourth-order valence-electron chi connectivity index (χ4n) is 7.01. The van der Waals surface area contributed by atoms with Crippen LogP contribution in [0.5, 0.6) is 5.75 Å². The van der Waals surface area contributed by atoms with Gasteiger partial charge < -0.3 is 27.5 Å². The first kappa shape index (κ1) is 45.9. The molecule has 8 nitrogen and oxygen atoms in total. The van der Waals surface area contributed by atoms with Crippen LogP contribution in [-0.2, 0) is 47.5 Å². The Balaban J connectivity index is 1.87. The largest absolute Gasteiger partial charge is 0.488 e. The average molecular weight is 809 g/mol. The molecule has 1 aliphatic heterocycles. The van der Waals surface area contributed by atoms with Gasteiger partial charge in [0.25, 0.3) is 0 Å². The number of epoxide rings is 1. The lowest BCUT2D eigenvalue weighted by Gasteiger charge is -2.40. The predicted octanol–water partition coefficient (Wildman–Crippen LogP) is 12.1. The molecule has 56 heavy (non-hydrogen) atoms. The summed E-state index contributed by atoms with van der Waals surface area (Å²) in [6.07, 6.45) is 3.44. The van der Waals surface area contributed by atoms with Crippen molar-refractivity contribution in [1.82, 2.24) is 0 Å². The molecule has 1 aliphatic rings. The molecular weight excluding hydrogens is 737 g/mol. The molecule has 2 aromatic carbocycles. The van der Waals surface area contributed by atoms with Gasteiger partial charge in [-0.25, -0.2) is 4.79 Å². The number of benzene rings is 2. The van der Waals surface area contributed by atoms with Crippen LogP contribution >= 0.6 is 0 Å². The van der Waals surface area contributed by atoms with E-state index in [2.05, 4.69) is 107 Å². The zero-order valence-corrected chi connectivity index (χ0v) is 39.3. The number of hydrogen-bond acceptors (Lipinski definition) is 8. The maximum absolute atomic E-state index is 15.0. The summed E-state index contributed by atoms with van der Waals surface area (Å²) in [5.41, 5.74) is 3.25. The molecule has 1 fully saturated rings. The van der Waals surface area contributed by atoms with Gasteiger partial charge in [-0.1, -0.05) is 106 Å². The van der Waals surface area contributed by atoms with E-state index in [0.29, 0.717) is 37.6 Å². The van der Waals surface area contributed by atoms with Gasteiger partial charge in [0.05, 0.1) is 31.1 Å². The average Bonchev–Trinajstić information content (AvgIpc) is 3.72. The molecule has 0 spiro atoms. The molecule has 10 heteroatoms. The van der Waals surface area contributed by atoms with Gasteiger partial charge in [-0.15, -0.1) is 0 Å². The summed E-state index contributed by atoms with van der Waals surface area (Å²) in [4.78, 5) is 28.7. The Bertz CT molecular complexity index is 1780. The normalized spacial score (nSPS) is 19.0. The van der Waals surface area contributed by atoms with E-state index in [1.165, 1.54) is 0 Å². The van der Waals surface area contributed by atoms with Gasteiger partial charge in [-0.05, 0) is 85.6 Å². The van der Waals surface area contributed by atoms with Crippen LogP contribution in [0.4, 0.5) is 0 Å². The van der Waals surface area contributed by atoms with Crippen LogP contribution < -0.4 is 4.74 Å². The van der Waals surface area contributed by atoms with Gasteiger partial charge >= 0.3 is 5.97 Å². The van der Waals surface area contributed by atoms with E-state index in [-0.39, 0.29) is 35.0 Å². The summed E-state index contributed by atoms with van der Waals surface area (Å²) in [6.45, 7) is 33.3. The smallest absolute Gasteiger partial charge is 0.343 e. The Morgan fingerprint density at radius 1 is 0.911 bits per heavy atom. The van der Waals surface area contributed by atoms with Gasteiger partial charge in [0.2, 0.25) is 5.60 Å². The van der Waals surface area contributed by atoms with Crippen molar-refractivity contribution in [2.75, 3.05) is 6.61 Å². The summed E-state index contributed by atoms with van der Waals surface area (Å²) in [7, 11) is -4.65. The standard InChI is InChI=1S/C46H72O8Si2/c1-16-22-34(38(47)27-40(54-56(14,15)45(9,10)11)46(39(17-2)53-46)43(48)49-18-3)36-29-51-42-35(36)26-33(25-31(4)5)41(50-28-32-23-20-19-21-24-32)37(42)30-52-55(12,13)44(6,7)8/h19-21,23-24,26,29,31,34,39-40H,16-18,22,25,27-28,30H2,1-15H3/t34?,39-,40+,46?/m0/s1. The predicted molar refractivity (Wildman–Crippen MR) is 231 cm³/mol. The van der Waals surface area contributed by atoms with E-state index in [9.17, 15) is 9.59 Å². The Morgan fingerprint density at radius 3 is 2.09 bits per heavy atom. The number of carbonyl (C=O) groups is 2. The van der Waals surface area contributed by atoms with E-state index in [1.807, 2.05) is 25.1 Å². The molecule has 2 unspecified atom stereocenters. The van der Waals surface area contributed by atoms with E-state index in [1.54, 1.807) is 13.2 Å². The van der Waals surface area contributed by atoms with Crippen molar-refractivity contribution in [3.63, 3.8) is 0 Å². The third-order valence-corrected chi connectivity index (χ3v) is 21.4. The number of rotatable bonds is 20. The highest BCUT2D eigenvalue weighted by Gasteiger charge is 2.69. The zero-order valence-electron chi connectivity index (χ0n) is 37.3. The Morgan fingerprint density at radius 2 is 1.55 bits per heavy atom. The van der Waals surface area contributed by atoms with Crippen LogP contribution in [0.15, 0.2) is 47.1 Å². The summed E-state index contributed by atoms with van der Waals surface area (Å²) in [5, 5.41) is 0.760. The van der Waals surface area contributed by atoms with Crippen molar-refractivity contribution in [2.45, 2.75) is 181 Å². The number of ketones is 1. The Hall–Kier alpha value is -2.77. The maximum Gasteiger partial charge on any atom is 0.343 e. The number of Topliss-reactive ketones (excluding diaryl/α,β-unsaturated/α-hetero) is 1. The van der Waals surface area contributed by atoms with Crippen molar-refractivity contribution >= 4 is 39.4 Å². The SMILES string of the molecule is CCCC(C(=O)C[C@@H](O[Si](C)(C)C(C)(C)C)C1(C(=O)OCC)O[C@H]1CC)c1coc2c(CO[Si](C)(C)C(C)(C)C)c(OCc3ccccc3)c(CC(C)C)cc12. The molecule has 2 heterocycles. The Labute approximate surface area is 340 Å². The minimum absolute atomic E-state index is 0.00109. The van der Waals surface area contributed by atoms with Gasteiger partial charge in [0, 0.05) is 23.3 Å². The van der Waals surface area contributed by atoms with Crippen molar-refractivity contribution in [1.29, 1.82) is 0 Å². The molecule has 0 aliphatic carbocycles. The maximum atomic E-state index is 15.0. The lowest BCUT2D eigenvalue weighted by molar-refractivity contribution is -0.154. The molecular formula is C46H72O8Si2. The Kier molecular flexibility index (Phi) is 14.8. The fourth-order valence-corrected chi connectivity index (χ4v) is 9.28. The van der Waals surface area contributed by atoms with Crippen molar-refractivity contribution in [3.8, 4) is 5.75 Å². The van der Waals surface area contributed by atoms with Crippen LogP contribution in [0.25, 0.3) is 11.0 Å². The quantitative estimate of drug-likeness (QED) is 0.0632. The topological polar surface area (TPSA) is 96.7 Å².